The van der Waals surface area contributed by atoms with E-state index < -0.39 is 0 Å². The highest BCUT2D eigenvalue weighted by Crippen LogP contribution is 2.33. The molecule has 2 nitrogen and oxygen atoms in total. The number of hydrogen-bond donors (Lipinski definition) is 2. The molecule has 2 aromatic rings. The lowest BCUT2D eigenvalue weighted by molar-refractivity contribution is 0.442. The summed E-state index contributed by atoms with van der Waals surface area (Å²) >= 11 is 0. The number of rotatable bonds is 0. The summed E-state index contributed by atoms with van der Waals surface area (Å²) in [5.41, 5.74) is 3.22. The van der Waals surface area contributed by atoms with Gasteiger partial charge in [-0.25, -0.2) is 0 Å². The van der Waals surface area contributed by atoms with Crippen LogP contribution in [0.1, 0.15) is 37.5 Å². The minimum absolute atomic E-state index is 0.0147. The van der Waals surface area contributed by atoms with Crippen LogP contribution in [0.3, 0.4) is 0 Å². The molecular weight excluding hydrogens is 248 g/mol. The molecular formula is C18H24O2. The Morgan fingerprint density at radius 1 is 0.850 bits per heavy atom. The van der Waals surface area contributed by atoms with Crippen molar-refractivity contribution in [1.82, 2.24) is 0 Å². The van der Waals surface area contributed by atoms with Gasteiger partial charge in [0.15, 0.2) is 0 Å². The van der Waals surface area contributed by atoms with E-state index in [9.17, 15) is 5.11 Å². The molecule has 0 aliphatic heterocycles. The Morgan fingerprint density at radius 3 is 1.80 bits per heavy atom. The van der Waals surface area contributed by atoms with Gasteiger partial charge < -0.3 is 10.2 Å². The number of phenolic OH excluding ortho intramolecular Hbond substituents is 2. The number of benzene rings is 2. The molecule has 2 rings (SSSR count). The standard InChI is InChI=1S/C12H18O.C6H6O/c1-8-6-9(2)11(13)10(7-8)12(3,4)5;7-6-4-2-1-3-5-6/h6-7,13H,1-5H3;1-5,7H. The van der Waals surface area contributed by atoms with Crippen molar-refractivity contribution < 1.29 is 10.2 Å². The van der Waals surface area contributed by atoms with Crippen molar-refractivity contribution in [1.29, 1.82) is 0 Å². The summed E-state index contributed by atoms with van der Waals surface area (Å²) in [7, 11) is 0. The van der Waals surface area contributed by atoms with Crippen LogP contribution >= 0.6 is 0 Å². The highest BCUT2D eigenvalue weighted by Gasteiger charge is 2.19. The van der Waals surface area contributed by atoms with E-state index in [0.29, 0.717) is 11.5 Å². The molecule has 0 bridgehead atoms. The summed E-state index contributed by atoms with van der Waals surface area (Å²) in [5.74, 6) is 0.764. The molecule has 0 heterocycles. The first-order valence-electron chi connectivity index (χ1n) is 6.76. The predicted octanol–water partition coefficient (Wildman–Crippen LogP) is 4.70. The summed E-state index contributed by atoms with van der Waals surface area (Å²) in [4.78, 5) is 0. The largest absolute Gasteiger partial charge is 0.508 e. The average molecular weight is 272 g/mol. The van der Waals surface area contributed by atoms with Crippen LogP contribution in [0.2, 0.25) is 0 Å². The third-order valence-electron chi connectivity index (χ3n) is 3.01. The van der Waals surface area contributed by atoms with Gasteiger partial charge in [0.05, 0.1) is 0 Å². The van der Waals surface area contributed by atoms with Gasteiger partial charge in [-0.15, -0.1) is 0 Å². The molecule has 108 valence electrons. The lowest BCUT2D eigenvalue weighted by Gasteiger charge is -2.22. The number of aromatic hydroxyl groups is 2. The molecule has 0 amide bonds. The fourth-order valence-electron chi connectivity index (χ4n) is 1.96. The monoisotopic (exact) mass is 272 g/mol. The van der Waals surface area contributed by atoms with Gasteiger partial charge in [0.1, 0.15) is 11.5 Å². The normalized spacial score (nSPS) is 10.7. The molecule has 0 aliphatic rings. The first-order valence-corrected chi connectivity index (χ1v) is 6.76. The third-order valence-corrected chi connectivity index (χ3v) is 3.01. The molecule has 0 saturated carbocycles. The zero-order chi connectivity index (χ0) is 15.3. The van der Waals surface area contributed by atoms with E-state index in [4.69, 9.17) is 5.11 Å². The van der Waals surface area contributed by atoms with Crippen LogP contribution < -0.4 is 0 Å². The van der Waals surface area contributed by atoms with Crippen LogP contribution in [0.15, 0.2) is 42.5 Å². The van der Waals surface area contributed by atoms with Crippen molar-refractivity contribution in [2.24, 2.45) is 0 Å². The summed E-state index contributed by atoms with van der Waals surface area (Å²) < 4.78 is 0. The van der Waals surface area contributed by atoms with Crippen molar-refractivity contribution in [3.05, 3.63) is 59.2 Å². The molecule has 0 aliphatic carbocycles. The Morgan fingerprint density at radius 2 is 1.40 bits per heavy atom. The Bertz CT molecular complexity index is 552. The first kappa shape index (κ1) is 16.1. The minimum Gasteiger partial charge on any atom is -0.508 e. The Kier molecular flexibility index (Phi) is 5.20. The fourth-order valence-corrected chi connectivity index (χ4v) is 1.96. The van der Waals surface area contributed by atoms with Crippen molar-refractivity contribution in [2.75, 3.05) is 0 Å². The maximum Gasteiger partial charge on any atom is 0.122 e. The summed E-state index contributed by atoms with van der Waals surface area (Å²) in [5, 5.41) is 18.5. The van der Waals surface area contributed by atoms with E-state index >= 15 is 0 Å². The SMILES string of the molecule is Cc1cc(C)c(O)c(C(C)(C)C)c1.Oc1ccccc1. The van der Waals surface area contributed by atoms with Crippen LogP contribution in [0.5, 0.6) is 11.5 Å². The fraction of sp³-hybridized carbons (Fsp3) is 0.333. The van der Waals surface area contributed by atoms with Gasteiger partial charge in [0, 0.05) is 0 Å². The molecule has 0 atom stereocenters. The van der Waals surface area contributed by atoms with Gasteiger partial charge >= 0.3 is 0 Å². The molecule has 0 aromatic heterocycles. The second-order valence-corrected chi connectivity index (χ2v) is 6.06. The molecule has 0 saturated heterocycles. The second kappa shape index (κ2) is 6.47. The summed E-state index contributed by atoms with van der Waals surface area (Å²) in [6, 6.07) is 12.8. The Labute approximate surface area is 121 Å². The van der Waals surface area contributed by atoms with E-state index in [2.05, 4.69) is 33.8 Å². The number of aryl methyl sites for hydroxylation is 2. The van der Waals surface area contributed by atoms with Crippen LogP contribution in [0, 0.1) is 13.8 Å². The van der Waals surface area contributed by atoms with Crippen LogP contribution in [0.25, 0.3) is 0 Å². The minimum atomic E-state index is 0.0147. The van der Waals surface area contributed by atoms with Gasteiger partial charge in [-0.2, -0.15) is 0 Å². The maximum absolute atomic E-state index is 9.86. The van der Waals surface area contributed by atoms with Crippen LogP contribution in [-0.2, 0) is 5.41 Å². The molecule has 0 unspecified atom stereocenters. The van der Waals surface area contributed by atoms with E-state index in [1.165, 1.54) is 5.56 Å². The van der Waals surface area contributed by atoms with E-state index in [-0.39, 0.29) is 5.41 Å². The van der Waals surface area contributed by atoms with E-state index in [1.807, 2.05) is 19.1 Å². The van der Waals surface area contributed by atoms with Gasteiger partial charge in [-0.3, -0.25) is 0 Å². The maximum atomic E-state index is 9.86. The Hall–Kier alpha value is -1.96. The molecule has 2 aromatic carbocycles. The van der Waals surface area contributed by atoms with Crippen molar-refractivity contribution >= 4 is 0 Å². The van der Waals surface area contributed by atoms with Crippen molar-refractivity contribution in [3.63, 3.8) is 0 Å². The van der Waals surface area contributed by atoms with Crippen molar-refractivity contribution in [2.45, 2.75) is 40.0 Å². The van der Waals surface area contributed by atoms with E-state index in [0.717, 1.165) is 11.1 Å². The lowest BCUT2D eigenvalue weighted by atomic mass is 9.84. The third kappa shape index (κ3) is 4.61. The molecule has 20 heavy (non-hydrogen) atoms. The topological polar surface area (TPSA) is 40.5 Å². The molecule has 0 spiro atoms. The quantitative estimate of drug-likeness (QED) is 0.730. The molecule has 0 fully saturated rings. The Balaban J connectivity index is 0.000000240. The van der Waals surface area contributed by atoms with Crippen molar-refractivity contribution in [3.8, 4) is 11.5 Å². The lowest BCUT2D eigenvalue weighted by Crippen LogP contribution is -2.12. The van der Waals surface area contributed by atoms with Gasteiger partial charge in [-0.05, 0) is 42.5 Å². The smallest absolute Gasteiger partial charge is 0.122 e. The second-order valence-electron chi connectivity index (χ2n) is 6.06. The number of phenols is 2. The number of para-hydroxylation sites is 1. The molecule has 0 radical (unpaired) electrons. The highest BCUT2D eigenvalue weighted by atomic mass is 16.3. The summed E-state index contributed by atoms with van der Waals surface area (Å²) in [6.07, 6.45) is 0. The average Bonchev–Trinajstić information content (AvgIpc) is 2.34. The highest BCUT2D eigenvalue weighted by molar-refractivity contribution is 5.45. The zero-order valence-electron chi connectivity index (χ0n) is 12.9. The number of hydrogen-bond acceptors (Lipinski definition) is 2. The van der Waals surface area contributed by atoms with E-state index in [1.54, 1.807) is 24.3 Å². The predicted molar refractivity (Wildman–Crippen MR) is 84.4 cm³/mol. The zero-order valence-corrected chi connectivity index (χ0v) is 12.9. The first-order chi connectivity index (χ1) is 9.21. The van der Waals surface area contributed by atoms with Crippen LogP contribution in [-0.4, -0.2) is 10.2 Å². The molecule has 2 N–H and O–H groups in total. The van der Waals surface area contributed by atoms with Gasteiger partial charge in [0.2, 0.25) is 0 Å². The van der Waals surface area contributed by atoms with Crippen LogP contribution in [0.4, 0.5) is 0 Å². The summed E-state index contributed by atoms with van der Waals surface area (Å²) in [6.45, 7) is 10.3. The molecule has 2 heteroatoms. The van der Waals surface area contributed by atoms with Gasteiger partial charge in [-0.1, -0.05) is 56.7 Å². The van der Waals surface area contributed by atoms with Gasteiger partial charge in [0.25, 0.3) is 0 Å².